The van der Waals surface area contributed by atoms with Gasteiger partial charge in [-0.1, -0.05) is 18.2 Å². The first-order valence-corrected chi connectivity index (χ1v) is 7.18. The smallest absolute Gasteiger partial charge is 0.257 e. The molecule has 0 amide bonds. The van der Waals surface area contributed by atoms with Gasteiger partial charge in [-0.05, 0) is 12.1 Å². The van der Waals surface area contributed by atoms with Crippen molar-refractivity contribution in [3.63, 3.8) is 0 Å². The molecule has 2 aromatic rings. The van der Waals surface area contributed by atoms with Gasteiger partial charge < -0.3 is 0 Å². The van der Waals surface area contributed by atoms with E-state index in [1.165, 1.54) is 37.8 Å². The van der Waals surface area contributed by atoms with Gasteiger partial charge in [-0.25, -0.2) is 13.4 Å². The molecule has 0 spiro atoms. The molecular weight excluding hydrogens is 278 g/mol. The van der Waals surface area contributed by atoms with Gasteiger partial charge in [0.25, 0.3) is 10.0 Å². The summed E-state index contributed by atoms with van der Waals surface area (Å²) >= 11 is 0. The van der Waals surface area contributed by atoms with E-state index in [0.717, 1.165) is 0 Å². The van der Waals surface area contributed by atoms with Crippen LogP contribution in [0.1, 0.15) is 5.69 Å². The first-order chi connectivity index (χ1) is 9.63. The van der Waals surface area contributed by atoms with Gasteiger partial charge in [0, 0.05) is 19.4 Å². The van der Waals surface area contributed by atoms with Crippen LogP contribution in [0.5, 0.6) is 0 Å². The van der Waals surface area contributed by atoms with Crippen LogP contribution in [0.15, 0.2) is 58.8 Å². The van der Waals surface area contributed by atoms with Crippen molar-refractivity contribution in [2.24, 2.45) is 4.99 Å². The number of aliphatic imine (C=N–C) groups is 1. The zero-order valence-electron chi connectivity index (χ0n) is 10.7. The third-order valence-corrected chi connectivity index (χ3v) is 3.65. The van der Waals surface area contributed by atoms with Crippen LogP contribution < -0.4 is 10.3 Å². The molecule has 0 radical (unpaired) electrons. The van der Waals surface area contributed by atoms with Gasteiger partial charge in [-0.15, -0.1) is 4.83 Å². The van der Waals surface area contributed by atoms with Crippen LogP contribution in [-0.4, -0.2) is 31.3 Å². The third-order valence-electron chi connectivity index (χ3n) is 2.39. The Hall–Kier alpha value is -2.32. The number of nitrogens with zero attached hydrogens (tertiary/aromatic N) is 3. The summed E-state index contributed by atoms with van der Waals surface area (Å²) in [6.45, 7) is 0. The van der Waals surface area contributed by atoms with Crippen molar-refractivity contribution in [2.75, 3.05) is 7.05 Å². The highest BCUT2D eigenvalue weighted by atomic mass is 32.2. The summed E-state index contributed by atoms with van der Waals surface area (Å²) in [5.74, 6) is 0.276. The summed E-state index contributed by atoms with van der Waals surface area (Å²) in [6, 6.07) is 8.02. The topological polar surface area (TPSA) is 96.3 Å². The van der Waals surface area contributed by atoms with Gasteiger partial charge in [0.05, 0.1) is 11.1 Å². The van der Waals surface area contributed by atoms with Gasteiger partial charge in [0.1, 0.15) is 5.69 Å². The molecule has 1 heterocycles. The number of aromatic nitrogens is 2. The summed E-state index contributed by atoms with van der Waals surface area (Å²) in [4.78, 5) is 14.3. The van der Waals surface area contributed by atoms with E-state index in [-0.39, 0.29) is 10.7 Å². The first-order valence-electron chi connectivity index (χ1n) is 5.69. The van der Waals surface area contributed by atoms with E-state index >= 15 is 0 Å². The maximum absolute atomic E-state index is 12.0. The van der Waals surface area contributed by atoms with Gasteiger partial charge in [0.2, 0.25) is 0 Å². The minimum absolute atomic E-state index is 0.155. The SMILES string of the molecule is CN=C(NNS(=O)(=O)c1ccccc1)c1cnccn1. The second-order valence-corrected chi connectivity index (χ2v) is 5.39. The lowest BCUT2D eigenvalue weighted by Gasteiger charge is -2.10. The largest absolute Gasteiger partial charge is 0.290 e. The highest BCUT2D eigenvalue weighted by Crippen LogP contribution is 2.06. The molecule has 2 N–H and O–H groups in total. The van der Waals surface area contributed by atoms with Gasteiger partial charge in [-0.3, -0.25) is 15.4 Å². The first kappa shape index (κ1) is 14.1. The average Bonchev–Trinajstić information content (AvgIpc) is 2.50. The molecule has 20 heavy (non-hydrogen) atoms. The highest BCUT2D eigenvalue weighted by Gasteiger charge is 2.14. The average molecular weight is 291 g/mol. The fourth-order valence-electron chi connectivity index (χ4n) is 1.43. The van der Waals surface area contributed by atoms with E-state index in [9.17, 15) is 8.42 Å². The third kappa shape index (κ3) is 3.37. The maximum atomic E-state index is 12.0. The number of rotatable bonds is 4. The molecule has 0 unspecified atom stereocenters. The number of nitrogens with one attached hydrogen (secondary N) is 2. The van der Waals surface area contributed by atoms with E-state index in [2.05, 4.69) is 25.2 Å². The number of hydrogen-bond acceptors (Lipinski definition) is 5. The second-order valence-electron chi connectivity index (χ2n) is 3.71. The zero-order chi connectivity index (χ0) is 14.4. The Morgan fingerprint density at radius 3 is 2.55 bits per heavy atom. The lowest BCUT2D eigenvalue weighted by Crippen LogP contribution is -2.42. The quantitative estimate of drug-likeness (QED) is 0.481. The lowest BCUT2D eigenvalue weighted by molar-refractivity contribution is 0.577. The van der Waals surface area contributed by atoms with E-state index in [1.807, 2.05) is 0 Å². The van der Waals surface area contributed by atoms with E-state index in [4.69, 9.17) is 0 Å². The van der Waals surface area contributed by atoms with Crippen LogP contribution in [0.25, 0.3) is 0 Å². The van der Waals surface area contributed by atoms with Gasteiger partial charge >= 0.3 is 0 Å². The molecule has 0 saturated heterocycles. The van der Waals surface area contributed by atoms with Crippen molar-refractivity contribution in [1.82, 2.24) is 20.2 Å². The predicted octanol–water partition coefficient (Wildman–Crippen LogP) is 0.336. The minimum Gasteiger partial charge on any atom is -0.290 e. The number of hydrogen-bond donors (Lipinski definition) is 2. The van der Waals surface area contributed by atoms with Crippen molar-refractivity contribution >= 4 is 15.9 Å². The number of sulfonamides is 1. The van der Waals surface area contributed by atoms with E-state index in [1.54, 1.807) is 18.2 Å². The zero-order valence-corrected chi connectivity index (χ0v) is 11.5. The minimum atomic E-state index is -3.66. The van der Waals surface area contributed by atoms with Crippen molar-refractivity contribution in [3.05, 3.63) is 54.6 Å². The normalized spacial score (nSPS) is 12.2. The van der Waals surface area contributed by atoms with Crippen molar-refractivity contribution in [3.8, 4) is 0 Å². The Morgan fingerprint density at radius 2 is 1.95 bits per heavy atom. The number of benzene rings is 1. The second kappa shape index (κ2) is 6.22. The van der Waals surface area contributed by atoms with Crippen LogP contribution in [0, 0.1) is 0 Å². The van der Waals surface area contributed by atoms with Crippen LogP contribution in [0.2, 0.25) is 0 Å². The summed E-state index contributed by atoms with van der Waals surface area (Å²) in [5, 5.41) is 0. The molecule has 7 nitrogen and oxygen atoms in total. The molecule has 0 atom stereocenters. The van der Waals surface area contributed by atoms with E-state index in [0.29, 0.717) is 5.69 Å². The standard InChI is InChI=1S/C12H13N5O2S/c1-13-12(11-9-14-7-8-15-11)16-17-20(18,19)10-5-3-2-4-6-10/h2-9,17H,1H3,(H,13,16). The van der Waals surface area contributed by atoms with Crippen molar-refractivity contribution in [1.29, 1.82) is 0 Å². The molecule has 2 rings (SSSR count). The molecule has 1 aromatic carbocycles. The molecule has 0 aliphatic rings. The van der Waals surface area contributed by atoms with Crippen LogP contribution in [-0.2, 0) is 10.0 Å². The Labute approximate surface area is 116 Å². The van der Waals surface area contributed by atoms with E-state index < -0.39 is 10.0 Å². The molecule has 0 aliphatic carbocycles. The lowest BCUT2D eigenvalue weighted by atomic mass is 10.4. The molecule has 0 aliphatic heterocycles. The molecule has 104 valence electrons. The van der Waals surface area contributed by atoms with Crippen LogP contribution in [0.3, 0.4) is 0 Å². The Morgan fingerprint density at radius 1 is 1.20 bits per heavy atom. The van der Waals surface area contributed by atoms with Crippen molar-refractivity contribution in [2.45, 2.75) is 4.90 Å². The Balaban J connectivity index is 2.12. The summed E-state index contributed by atoms with van der Waals surface area (Å²) < 4.78 is 24.0. The van der Waals surface area contributed by atoms with Crippen molar-refractivity contribution < 1.29 is 8.42 Å². The fraction of sp³-hybridized carbons (Fsp3) is 0.0833. The molecular formula is C12H13N5O2S. The Bertz CT molecular complexity index is 686. The van der Waals surface area contributed by atoms with Gasteiger partial charge in [-0.2, -0.15) is 0 Å². The van der Waals surface area contributed by atoms with Crippen LogP contribution in [0.4, 0.5) is 0 Å². The predicted molar refractivity (Wildman–Crippen MR) is 74.4 cm³/mol. The molecule has 8 heteroatoms. The number of hydrazine groups is 1. The summed E-state index contributed by atoms with van der Waals surface area (Å²) in [5.41, 5.74) is 2.97. The maximum Gasteiger partial charge on any atom is 0.257 e. The molecule has 0 fully saturated rings. The summed E-state index contributed by atoms with van der Waals surface area (Å²) in [6.07, 6.45) is 4.49. The molecule has 0 bridgehead atoms. The summed E-state index contributed by atoms with van der Waals surface area (Å²) in [7, 11) is -2.14. The monoisotopic (exact) mass is 291 g/mol. The van der Waals surface area contributed by atoms with Crippen LogP contribution >= 0.6 is 0 Å². The molecule has 1 aromatic heterocycles. The fourth-order valence-corrected chi connectivity index (χ4v) is 2.29. The van der Waals surface area contributed by atoms with Gasteiger partial charge in [0.15, 0.2) is 5.84 Å². The molecule has 0 saturated carbocycles. The number of amidine groups is 1. The Kier molecular flexibility index (Phi) is 4.38. The highest BCUT2D eigenvalue weighted by molar-refractivity contribution is 7.89.